The van der Waals surface area contributed by atoms with Crippen LogP contribution in [0.4, 0.5) is 0 Å². The summed E-state index contributed by atoms with van der Waals surface area (Å²) in [5.41, 5.74) is 2.09. The summed E-state index contributed by atoms with van der Waals surface area (Å²) < 4.78 is 0. The number of likely N-dealkylation sites (N-methyl/N-ethyl adjacent to an activating group) is 1. The molecule has 1 aliphatic heterocycles. The van der Waals surface area contributed by atoms with Gasteiger partial charge in [-0.1, -0.05) is 108 Å². The van der Waals surface area contributed by atoms with E-state index in [-0.39, 0.29) is 60.6 Å². The number of carboxylic acids is 1. The molecular formula is C43H60N4O6S. The van der Waals surface area contributed by atoms with E-state index in [0.29, 0.717) is 18.0 Å². The van der Waals surface area contributed by atoms with Crippen molar-refractivity contribution in [2.45, 2.75) is 117 Å². The molecule has 294 valence electrons. The number of rotatable bonds is 20. The van der Waals surface area contributed by atoms with Gasteiger partial charge >= 0.3 is 5.97 Å². The van der Waals surface area contributed by atoms with Crippen LogP contribution in [0.5, 0.6) is 0 Å². The van der Waals surface area contributed by atoms with Gasteiger partial charge in [-0.3, -0.25) is 24.1 Å². The largest absolute Gasteiger partial charge is 0.481 e. The summed E-state index contributed by atoms with van der Waals surface area (Å²) in [6, 6.07) is 18.4. The number of aromatic nitrogens is 1. The molecule has 3 unspecified atom stereocenters. The Kier molecular flexibility index (Phi) is 16.4. The number of carbonyl (C=O) groups is 4. The van der Waals surface area contributed by atoms with Crippen LogP contribution in [0.2, 0.25) is 0 Å². The van der Waals surface area contributed by atoms with E-state index in [1.807, 2.05) is 86.5 Å². The van der Waals surface area contributed by atoms with Gasteiger partial charge in [0.05, 0.1) is 12.0 Å². The van der Waals surface area contributed by atoms with E-state index in [9.17, 15) is 29.4 Å². The number of Topliss-reactive ketones (excluding diaryl/α,β-unsaturated/α-hetero) is 1. The maximum atomic E-state index is 14.8. The zero-order chi connectivity index (χ0) is 39.4. The Bertz CT molecular complexity index is 1650. The van der Waals surface area contributed by atoms with Gasteiger partial charge in [0.25, 0.3) is 5.91 Å². The van der Waals surface area contributed by atoms with Gasteiger partial charge in [0.2, 0.25) is 5.91 Å². The average molecular weight is 761 g/mol. The number of nitrogens with zero attached hydrogens (tertiary/aromatic N) is 3. The summed E-state index contributed by atoms with van der Waals surface area (Å²) in [7, 11) is 2.00. The maximum absolute atomic E-state index is 14.8. The highest BCUT2D eigenvalue weighted by molar-refractivity contribution is 7.09. The first-order valence-electron chi connectivity index (χ1n) is 19.6. The minimum absolute atomic E-state index is 0.0180. The molecule has 0 saturated carbocycles. The molecule has 1 saturated heterocycles. The number of hydrogen-bond acceptors (Lipinski definition) is 8. The molecule has 10 nitrogen and oxygen atoms in total. The van der Waals surface area contributed by atoms with E-state index >= 15 is 0 Å². The number of aliphatic hydroxyl groups is 1. The molecule has 0 radical (unpaired) electrons. The Balaban J connectivity index is 1.56. The second-order valence-electron chi connectivity index (χ2n) is 15.6. The second kappa shape index (κ2) is 20.7. The van der Waals surface area contributed by atoms with Crippen molar-refractivity contribution in [1.29, 1.82) is 0 Å². The summed E-state index contributed by atoms with van der Waals surface area (Å²) in [5.74, 6) is -2.54. The molecule has 3 N–H and O–H groups in total. The van der Waals surface area contributed by atoms with Crippen molar-refractivity contribution in [3.63, 3.8) is 0 Å². The van der Waals surface area contributed by atoms with E-state index < -0.39 is 35.9 Å². The molecule has 1 aromatic heterocycles. The summed E-state index contributed by atoms with van der Waals surface area (Å²) in [4.78, 5) is 62.3. The Morgan fingerprint density at radius 2 is 1.61 bits per heavy atom. The summed E-state index contributed by atoms with van der Waals surface area (Å²) in [6.07, 6.45) is 3.69. The van der Waals surface area contributed by atoms with Gasteiger partial charge in [-0.25, -0.2) is 4.98 Å². The number of hydrogen-bond donors (Lipinski definition) is 3. The van der Waals surface area contributed by atoms with Crippen molar-refractivity contribution in [3.8, 4) is 0 Å². The normalized spacial score (nSPS) is 18.3. The number of aliphatic carboxylic acids is 1. The number of aliphatic hydroxyl groups excluding tert-OH is 1. The van der Waals surface area contributed by atoms with Crippen molar-refractivity contribution in [2.24, 2.45) is 23.7 Å². The molecule has 1 aliphatic rings. The van der Waals surface area contributed by atoms with E-state index in [0.717, 1.165) is 43.4 Å². The molecule has 1 fully saturated rings. The van der Waals surface area contributed by atoms with Crippen molar-refractivity contribution >= 4 is 34.9 Å². The van der Waals surface area contributed by atoms with E-state index in [1.165, 1.54) is 11.3 Å². The Hall–Kier alpha value is -3.93. The predicted octanol–water partition coefficient (Wildman–Crippen LogP) is 7.18. The minimum Gasteiger partial charge on any atom is -0.481 e. The third-order valence-electron chi connectivity index (χ3n) is 11.1. The first kappa shape index (κ1) is 42.8. The monoisotopic (exact) mass is 760 g/mol. The molecule has 2 aromatic carbocycles. The molecule has 0 aliphatic carbocycles. The molecule has 2 amide bonds. The highest BCUT2D eigenvalue weighted by atomic mass is 32.1. The number of thiazole rings is 1. The van der Waals surface area contributed by atoms with Gasteiger partial charge in [0, 0.05) is 42.8 Å². The molecule has 3 aromatic rings. The molecule has 0 bridgehead atoms. The zero-order valence-corrected chi connectivity index (χ0v) is 33.6. The van der Waals surface area contributed by atoms with Gasteiger partial charge < -0.3 is 20.4 Å². The van der Waals surface area contributed by atoms with Crippen LogP contribution in [0.1, 0.15) is 112 Å². The second-order valence-corrected chi connectivity index (χ2v) is 16.5. The van der Waals surface area contributed by atoms with Crippen LogP contribution in [0, 0.1) is 23.7 Å². The number of benzene rings is 2. The Labute approximate surface area is 325 Å². The topological polar surface area (TPSA) is 140 Å². The number of likely N-dealkylation sites (tertiary alicyclic amines) is 1. The lowest BCUT2D eigenvalue weighted by Gasteiger charge is -2.39. The third-order valence-corrected chi connectivity index (χ3v) is 12.0. The number of nitrogens with one attached hydrogen (secondary N) is 1. The first-order valence-corrected chi connectivity index (χ1v) is 20.4. The van der Waals surface area contributed by atoms with Crippen LogP contribution in [-0.2, 0) is 27.3 Å². The number of ketones is 1. The Morgan fingerprint density at radius 1 is 0.963 bits per heavy atom. The lowest BCUT2D eigenvalue weighted by Crippen LogP contribution is -2.49. The standard InChI is InChI=1S/C43H60N4O6S/c1-7-29(4)34(24-38(48)36-20-14-15-21-46(36)6)42(51)47(26-32-18-12-9-13-19-32)37(28(2)3)25-39(49)41-45-35(27-54-41)40(50)44-33(22-30(5)43(52)53)23-31-16-10-8-11-17-31/h8-13,16-19,27-30,33-34,36-37,39,49H,7,14-15,20-26H2,1-6H3,(H,44,50)(H,52,53)/t29?,30-,33+,34?,36?,37+,39+/m0/s1. The van der Waals surface area contributed by atoms with Crippen molar-refractivity contribution in [3.05, 3.63) is 87.9 Å². The molecule has 4 rings (SSSR count). The zero-order valence-electron chi connectivity index (χ0n) is 32.8. The summed E-state index contributed by atoms with van der Waals surface area (Å²) >= 11 is 1.18. The van der Waals surface area contributed by atoms with Crippen molar-refractivity contribution in [1.82, 2.24) is 20.1 Å². The number of piperidine rings is 1. The highest BCUT2D eigenvalue weighted by Gasteiger charge is 2.38. The van der Waals surface area contributed by atoms with Crippen LogP contribution in [-0.4, -0.2) is 80.3 Å². The minimum atomic E-state index is -1.05. The Morgan fingerprint density at radius 3 is 2.20 bits per heavy atom. The van der Waals surface area contributed by atoms with Crippen LogP contribution in [0.25, 0.3) is 0 Å². The fourth-order valence-electron chi connectivity index (χ4n) is 7.52. The fourth-order valence-corrected chi connectivity index (χ4v) is 8.31. The van der Waals surface area contributed by atoms with Crippen molar-refractivity contribution < 1.29 is 29.4 Å². The van der Waals surface area contributed by atoms with Gasteiger partial charge in [-0.15, -0.1) is 11.3 Å². The highest BCUT2D eigenvalue weighted by Crippen LogP contribution is 2.33. The lowest BCUT2D eigenvalue weighted by atomic mass is 9.82. The molecule has 2 heterocycles. The third kappa shape index (κ3) is 12.0. The lowest BCUT2D eigenvalue weighted by molar-refractivity contribution is -0.145. The molecular weight excluding hydrogens is 701 g/mol. The van der Waals surface area contributed by atoms with E-state index in [1.54, 1.807) is 12.3 Å². The molecule has 11 heteroatoms. The first-order chi connectivity index (χ1) is 25.8. The number of carbonyl (C=O) groups excluding carboxylic acids is 3. The average Bonchev–Trinajstić information content (AvgIpc) is 3.66. The van der Waals surface area contributed by atoms with Crippen LogP contribution in [0.3, 0.4) is 0 Å². The van der Waals surface area contributed by atoms with Gasteiger partial charge in [-0.05, 0) is 62.2 Å². The van der Waals surface area contributed by atoms with Crippen LogP contribution >= 0.6 is 11.3 Å². The van der Waals surface area contributed by atoms with Gasteiger partial charge in [0.1, 0.15) is 16.8 Å². The van der Waals surface area contributed by atoms with Gasteiger partial charge in [0.15, 0.2) is 5.78 Å². The SMILES string of the molecule is CCC(C)C(CC(=O)C1CCCCN1C)C(=O)N(Cc1ccccc1)[C@H](C[C@@H](O)c1nc(C(=O)N[C@@H](Cc2ccccc2)C[C@H](C)C(=O)O)cs1)C(C)C. The fraction of sp³-hybridized carbons (Fsp3) is 0.558. The molecule has 7 atom stereocenters. The van der Waals surface area contributed by atoms with E-state index in [4.69, 9.17) is 0 Å². The summed E-state index contributed by atoms with van der Waals surface area (Å²) in [5, 5.41) is 26.2. The maximum Gasteiger partial charge on any atom is 0.306 e. The molecule has 54 heavy (non-hydrogen) atoms. The molecule has 0 spiro atoms. The quantitative estimate of drug-likeness (QED) is 0.110. The van der Waals surface area contributed by atoms with Crippen molar-refractivity contribution in [2.75, 3.05) is 13.6 Å². The van der Waals surface area contributed by atoms with Crippen LogP contribution < -0.4 is 5.32 Å². The smallest absolute Gasteiger partial charge is 0.306 e. The van der Waals surface area contributed by atoms with Crippen LogP contribution in [0.15, 0.2) is 66.0 Å². The van der Waals surface area contributed by atoms with Gasteiger partial charge in [-0.2, -0.15) is 0 Å². The summed E-state index contributed by atoms with van der Waals surface area (Å²) in [6.45, 7) is 11.0. The van der Waals surface area contributed by atoms with E-state index in [2.05, 4.69) is 29.0 Å². The predicted molar refractivity (Wildman–Crippen MR) is 213 cm³/mol. The number of carboxylic acid groups (broad SMARTS) is 1. The number of amides is 2.